The van der Waals surface area contributed by atoms with E-state index >= 15 is 0 Å². The molecule has 0 bridgehead atoms. The molecular weight excluding hydrogens is 315 g/mol. The molecule has 0 spiro atoms. The first-order chi connectivity index (χ1) is 10.4. The van der Waals surface area contributed by atoms with E-state index in [2.05, 4.69) is 5.32 Å². The molecule has 0 amide bonds. The molecule has 2 aliphatic rings. The van der Waals surface area contributed by atoms with Crippen LogP contribution in [0.2, 0.25) is 0 Å². The molecule has 22 heavy (non-hydrogen) atoms. The van der Waals surface area contributed by atoms with Gasteiger partial charge in [-0.05, 0) is 39.0 Å². The van der Waals surface area contributed by atoms with Gasteiger partial charge in [0.2, 0.25) is 0 Å². The molecule has 1 saturated carbocycles. The van der Waals surface area contributed by atoms with Gasteiger partial charge < -0.3 is 9.05 Å². The highest BCUT2D eigenvalue weighted by Gasteiger charge is 2.49. The van der Waals surface area contributed by atoms with Crippen molar-refractivity contribution in [3.63, 3.8) is 0 Å². The lowest BCUT2D eigenvalue weighted by Crippen LogP contribution is -2.41. The molecule has 0 aromatic heterocycles. The number of carbonyl (C=O) groups is 1. The van der Waals surface area contributed by atoms with Gasteiger partial charge in [0.05, 0.1) is 13.2 Å². The van der Waals surface area contributed by atoms with Gasteiger partial charge in [-0.1, -0.05) is 0 Å². The zero-order valence-electron chi connectivity index (χ0n) is 13.0. The first kappa shape index (κ1) is 18.0. The number of hydrogen-bond donors (Lipinski definition) is 1. The smallest absolute Gasteiger partial charge is 0.307 e. The highest BCUT2D eigenvalue weighted by Crippen LogP contribution is 2.54. The molecule has 1 saturated heterocycles. The monoisotopic (exact) mass is 339 g/mol. The van der Waals surface area contributed by atoms with Gasteiger partial charge in [-0.15, -0.1) is 0 Å². The van der Waals surface area contributed by atoms with Crippen molar-refractivity contribution < 1.29 is 27.2 Å². The van der Waals surface area contributed by atoms with Crippen molar-refractivity contribution in [2.75, 3.05) is 13.2 Å². The Labute approximate surface area is 129 Å². The highest BCUT2D eigenvalue weighted by molar-refractivity contribution is 7.55. The molecule has 1 aliphatic heterocycles. The average molecular weight is 339 g/mol. The molecule has 1 heterocycles. The Hall–Kier alpha value is -0.360. The maximum Gasteiger partial charge on any atom is 0.355 e. The molecule has 0 aromatic carbocycles. The highest BCUT2D eigenvalue weighted by atomic mass is 31.2. The minimum atomic E-state index is -3.57. The maximum absolute atomic E-state index is 13.6. The minimum absolute atomic E-state index is 0.0897. The Kier molecular flexibility index (Phi) is 6.11. The van der Waals surface area contributed by atoms with Crippen LogP contribution in [0.4, 0.5) is 8.78 Å². The van der Waals surface area contributed by atoms with Gasteiger partial charge in [0.15, 0.2) is 11.6 Å². The fraction of sp³-hybridized carbons (Fsp3) is 0.929. The predicted molar refractivity (Wildman–Crippen MR) is 78.3 cm³/mol. The summed E-state index contributed by atoms with van der Waals surface area (Å²) in [6.45, 7) is 3.71. The van der Waals surface area contributed by atoms with Crippen molar-refractivity contribution in [3.05, 3.63) is 0 Å². The molecule has 2 fully saturated rings. The van der Waals surface area contributed by atoms with Crippen LogP contribution in [-0.4, -0.2) is 43.2 Å². The fourth-order valence-corrected chi connectivity index (χ4v) is 5.20. The summed E-state index contributed by atoms with van der Waals surface area (Å²) < 4.78 is 49.9. The number of alkyl halides is 2. The number of nitrogens with one attached hydrogen (secondary N) is 1. The first-order valence-electron chi connectivity index (χ1n) is 7.87. The van der Waals surface area contributed by atoms with E-state index < -0.39 is 25.7 Å². The van der Waals surface area contributed by atoms with Crippen LogP contribution in [0.25, 0.3) is 0 Å². The van der Waals surface area contributed by atoms with Crippen molar-refractivity contribution in [1.82, 2.24) is 5.32 Å². The van der Waals surface area contributed by atoms with Crippen LogP contribution >= 0.6 is 7.60 Å². The lowest BCUT2D eigenvalue weighted by molar-refractivity contribution is -0.117. The number of ketones is 1. The maximum atomic E-state index is 13.6. The van der Waals surface area contributed by atoms with E-state index in [9.17, 15) is 18.1 Å². The summed E-state index contributed by atoms with van der Waals surface area (Å²) in [6.07, 6.45) is -1.97. The normalized spacial score (nSPS) is 36.7. The van der Waals surface area contributed by atoms with E-state index in [1.807, 2.05) is 0 Å². The minimum Gasteiger partial charge on any atom is -0.307 e. The van der Waals surface area contributed by atoms with Crippen LogP contribution < -0.4 is 5.32 Å². The summed E-state index contributed by atoms with van der Waals surface area (Å²) >= 11 is 0. The third kappa shape index (κ3) is 3.75. The summed E-state index contributed by atoms with van der Waals surface area (Å²) in [5, 5.41) is 3.00. The summed E-state index contributed by atoms with van der Waals surface area (Å²) in [5.41, 5.74) is 0. The topological polar surface area (TPSA) is 64.6 Å². The molecule has 5 nitrogen and oxygen atoms in total. The predicted octanol–water partition coefficient (Wildman–Crippen LogP) is 2.99. The Morgan fingerprint density at radius 2 is 1.82 bits per heavy atom. The lowest BCUT2D eigenvalue weighted by atomic mass is 9.81. The number of carbonyl (C=O) groups excluding carboxylic acids is 1. The number of Topliss-reactive ketones (excluding diaryl/α,β-unsaturated/α-hetero) is 1. The standard InChI is InChI=1S/C14H24F2NO4P/c1-3-20-22(19,21-4-2)14-13(18)8-12(17-14)9-5-6-10(15)11(16)7-9/h9-12,14,17H,3-8H2,1-2H3/t9?,10?,11?,12-,14?/m1/s1. The largest absolute Gasteiger partial charge is 0.355 e. The van der Waals surface area contributed by atoms with Crippen LogP contribution in [0.1, 0.15) is 39.5 Å². The van der Waals surface area contributed by atoms with Gasteiger partial charge in [-0.2, -0.15) is 0 Å². The van der Waals surface area contributed by atoms with Crippen molar-refractivity contribution >= 4 is 13.4 Å². The Morgan fingerprint density at radius 3 is 2.36 bits per heavy atom. The van der Waals surface area contributed by atoms with E-state index in [-0.39, 0.29) is 50.2 Å². The van der Waals surface area contributed by atoms with E-state index in [0.717, 1.165) is 0 Å². The van der Waals surface area contributed by atoms with Gasteiger partial charge in [-0.25, -0.2) is 8.78 Å². The van der Waals surface area contributed by atoms with Gasteiger partial charge >= 0.3 is 7.60 Å². The molecule has 5 atom stereocenters. The zero-order valence-corrected chi connectivity index (χ0v) is 13.9. The number of halogens is 2. The van der Waals surface area contributed by atoms with Crippen LogP contribution in [0.5, 0.6) is 0 Å². The summed E-state index contributed by atoms with van der Waals surface area (Å²) in [4.78, 5) is 12.2. The molecule has 0 aromatic rings. The van der Waals surface area contributed by atoms with Crippen molar-refractivity contribution in [2.24, 2.45) is 5.92 Å². The third-order valence-electron chi connectivity index (χ3n) is 4.33. The van der Waals surface area contributed by atoms with Gasteiger partial charge in [0.25, 0.3) is 0 Å². The van der Waals surface area contributed by atoms with Gasteiger partial charge in [0, 0.05) is 12.5 Å². The Balaban J connectivity index is 2.05. The second-order valence-corrected chi connectivity index (χ2v) is 7.94. The Morgan fingerprint density at radius 1 is 1.18 bits per heavy atom. The van der Waals surface area contributed by atoms with E-state index in [1.165, 1.54) is 0 Å². The second-order valence-electron chi connectivity index (χ2n) is 5.83. The Bertz CT molecular complexity index is 441. The summed E-state index contributed by atoms with van der Waals surface area (Å²) in [6, 6.07) is -0.294. The molecule has 1 aliphatic carbocycles. The van der Waals surface area contributed by atoms with Gasteiger partial charge in [0.1, 0.15) is 12.3 Å². The van der Waals surface area contributed by atoms with Crippen LogP contribution in [0.3, 0.4) is 0 Å². The van der Waals surface area contributed by atoms with E-state index in [1.54, 1.807) is 13.8 Å². The average Bonchev–Trinajstić information content (AvgIpc) is 2.85. The van der Waals surface area contributed by atoms with Crippen molar-refractivity contribution in [3.8, 4) is 0 Å². The van der Waals surface area contributed by atoms with Gasteiger partial charge in [-0.3, -0.25) is 14.7 Å². The number of hydrogen-bond acceptors (Lipinski definition) is 5. The van der Waals surface area contributed by atoms with Crippen molar-refractivity contribution in [1.29, 1.82) is 0 Å². The number of rotatable bonds is 6. The zero-order chi connectivity index (χ0) is 16.3. The molecular formula is C14H24F2NO4P. The second kappa shape index (κ2) is 7.47. The van der Waals surface area contributed by atoms with Crippen LogP contribution in [0.15, 0.2) is 0 Å². The summed E-state index contributed by atoms with van der Waals surface area (Å²) in [5.74, 6) is -1.38. The quantitative estimate of drug-likeness (QED) is 0.754. The lowest BCUT2D eigenvalue weighted by Gasteiger charge is -2.32. The summed E-state index contributed by atoms with van der Waals surface area (Å²) in [7, 11) is -3.57. The molecule has 4 unspecified atom stereocenters. The van der Waals surface area contributed by atoms with Crippen LogP contribution in [-0.2, 0) is 18.4 Å². The SMILES string of the molecule is CCOP(=O)(OCC)C1N[C@@H](C2CCC(F)C(F)C2)CC1=O. The fourth-order valence-electron chi connectivity index (χ4n) is 3.27. The van der Waals surface area contributed by atoms with Crippen LogP contribution in [0, 0.1) is 5.92 Å². The molecule has 1 N–H and O–H groups in total. The molecule has 8 heteroatoms. The first-order valence-corrected chi connectivity index (χ1v) is 9.48. The molecule has 0 radical (unpaired) electrons. The van der Waals surface area contributed by atoms with E-state index in [0.29, 0.717) is 6.42 Å². The molecule has 2 rings (SSSR count). The van der Waals surface area contributed by atoms with Crippen molar-refractivity contribution in [2.45, 2.75) is 63.7 Å². The molecule has 128 valence electrons. The third-order valence-corrected chi connectivity index (χ3v) is 6.64. The van der Waals surface area contributed by atoms with E-state index in [4.69, 9.17) is 9.05 Å².